The molecule has 0 radical (unpaired) electrons. The highest BCUT2D eigenvalue weighted by atomic mass is 35.5. The Kier molecular flexibility index (Phi) is 4.57. The van der Waals surface area contributed by atoms with Crippen molar-refractivity contribution >= 4 is 0 Å². The van der Waals surface area contributed by atoms with Crippen LogP contribution in [-0.4, -0.2) is 12.6 Å². The van der Waals surface area contributed by atoms with Crippen molar-refractivity contribution in [2.24, 2.45) is 23.7 Å². The fourth-order valence-corrected chi connectivity index (χ4v) is 5.10. The monoisotopic (exact) mass is 300 g/mol. The highest BCUT2D eigenvalue weighted by Crippen LogP contribution is 2.53. The predicted molar refractivity (Wildman–Crippen MR) is 82.2 cm³/mol. The first-order chi connectivity index (χ1) is 9.88. The first kappa shape index (κ1) is 14.9. The normalized spacial score (nSPS) is 35.7. The minimum Gasteiger partial charge on any atom is -1.00 e. The average molecular weight is 301 g/mol. The number of nitrogens with one attached hydrogen (secondary N) is 1. The van der Waals surface area contributed by atoms with E-state index in [0.29, 0.717) is 0 Å². The molecule has 0 heterocycles. The van der Waals surface area contributed by atoms with Gasteiger partial charge in [0.05, 0.1) is 6.54 Å². The maximum Gasteiger partial charge on any atom is 0.0582 e. The van der Waals surface area contributed by atoms with Crippen LogP contribution in [0, 0.1) is 35.5 Å². The van der Waals surface area contributed by atoms with Gasteiger partial charge in [-0.2, -0.15) is 0 Å². The number of benzene rings is 1. The van der Waals surface area contributed by atoms with E-state index in [4.69, 9.17) is 0 Å². The van der Waals surface area contributed by atoms with Gasteiger partial charge in [0.15, 0.2) is 0 Å². The number of hydrogen-bond acceptors (Lipinski definition) is 1. The fourth-order valence-electron chi connectivity index (χ4n) is 5.10. The largest absolute Gasteiger partial charge is 1.00 e. The van der Waals surface area contributed by atoms with Crippen molar-refractivity contribution in [3.05, 3.63) is 35.9 Å². The lowest BCUT2D eigenvalue weighted by Crippen LogP contribution is -3.00. The van der Waals surface area contributed by atoms with Crippen LogP contribution in [0.25, 0.3) is 0 Å². The van der Waals surface area contributed by atoms with Crippen molar-refractivity contribution in [2.75, 3.05) is 6.54 Å². The summed E-state index contributed by atoms with van der Waals surface area (Å²) in [4.78, 5) is 0. The van der Waals surface area contributed by atoms with E-state index < -0.39 is 0 Å². The maximum atomic E-state index is 3.76. The summed E-state index contributed by atoms with van der Waals surface area (Å²) in [6.45, 7) is 0.849. The molecular weight excluding hydrogens is 278 g/mol. The SMILES string of the molecule is C(#Cc1ccccc1)CNC1C2CC3CC(C2)CC1C3.[Cl-]. The van der Waals surface area contributed by atoms with Crippen LogP contribution in [0.1, 0.15) is 37.7 Å². The third-order valence-corrected chi connectivity index (χ3v) is 5.66. The van der Waals surface area contributed by atoms with Gasteiger partial charge >= 0.3 is 0 Å². The molecule has 0 atom stereocenters. The van der Waals surface area contributed by atoms with Gasteiger partial charge < -0.3 is 17.7 Å². The van der Waals surface area contributed by atoms with Crippen LogP contribution in [0.5, 0.6) is 0 Å². The Balaban J connectivity index is 0.00000132. The molecule has 4 bridgehead atoms. The van der Waals surface area contributed by atoms with Crippen LogP contribution in [0.3, 0.4) is 0 Å². The molecule has 4 saturated carbocycles. The molecule has 4 aliphatic rings. The van der Waals surface area contributed by atoms with Crippen LogP contribution in [0.15, 0.2) is 30.3 Å². The maximum absolute atomic E-state index is 3.76. The molecule has 0 aliphatic heterocycles. The highest BCUT2D eigenvalue weighted by molar-refractivity contribution is 5.33. The molecule has 0 amide bonds. The molecule has 5 rings (SSSR count). The third kappa shape index (κ3) is 3.12. The van der Waals surface area contributed by atoms with Crippen LogP contribution >= 0.6 is 0 Å². The molecule has 0 aromatic heterocycles. The van der Waals surface area contributed by atoms with Gasteiger partial charge in [-0.1, -0.05) is 30.0 Å². The molecule has 112 valence electrons. The van der Waals surface area contributed by atoms with Gasteiger partial charge in [0.2, 0.25) is 0 Å². The van der Waals surface area contributed by atoms with E-state index in [1.807, 2.05) is 6.07 Å². The van der Waals surface area contributed by atoms with Gasteiger partial charge in [0.25, 0.3) is 0 Å². The van der Waals surface area contributed by atoms with E-state index in [2.05, 4.69) is 41.4 Å². The van der Waals surface area contributed by atoms with Crippen LogP contribution in [0.4, 0.5) is 0 Å². The van der Waals surface area contributed by atoms with Gasteiger partial charge in [0.1, 0.15) is 0 Å². The lowest BCUT2D eigenvalue weighted by molar-refractivity contribution is -0.0121. The standard InChI is InChI=1S/C19H23N.ClH/c1-2-5-14(6-3-1)7-4-8-20-19-17-10-15-9-16(12-17)13-18(19)11-15;/h1-3,5-6,15-20H,8-13H2;1H/p-1. The van der Waals surface area contributed by atoms with Crippen molar-refractivity contribution in [3.8, 4) is 11.8 Å². The second-order valence-corrected chi connectivity index (χ2v) is 7.01. The van der Waals surface area contributed by atoms with Gasteiger partial charge in [0, 0.05) is 11.6 Å². The second kappa shape index (κ2) is 6.42. The molecule has 1 N–H and O–H groups in total. The molecule has 1 aromatic carbocycles. The zero-order valence-electron chi connectivity index (χ0n) is 12.4. The summed E-state index contributed by atoms with van der Waals surface area (Å²) in [5.74, 6) is 10.6. The molecular formula is C19H23ClN-. The average Bonchev–Trinajstić information content (AvgIpc) is 2.46. The van der Waals surface area contributed by atoms with E-state index in [9.17, 15) is 0 Å². The molecule has 4 fully saturated rings. The Morgan fingerprint density at radius 3 is 2.14 bits per heavy atom. The van der Waals surface area contributed by atoms with E-state index >= 15 is 0 Å². The van der Waals surface area contributed by atoms with Crippen molar-refractivity contribution in [2.45, 2.75) is 38.1 Å². The van der Waals surface area contributed by atoms with E-state index in [1.54, 1.807) is 0 Å². The summed E-state index contributed by atoms with van der Waals surface area (Å²) in [6, 6.07) is 11.1. The van der Waals surface area contributed by atoms with Crippen LogP contribution in [0.2, 0.25) is 0 Å². The summed E-state index contributed by atoms with van der Waals surface area (Å²) >= 11 is 0. The molecule has 1 aromatic rings. The first-order valence-corrected chi connectivity index (χ1v) is 8.16. The number of halogens is 1. The van der Waals surface area contributed by atoms with Crippen molar-refractivity contribution in [3.63, 3.8) is 0 Å². The van der Waals surface area contributed by atoms with Gasteiger partial charge in [-0.3, -0.25) is 0 Å². The molecule has 4 aliphatic carbocycles. The summed E-state index contributed by atoms with van der Waals surface area (Å²) < 4.78 is 0. The van der Waals surface area contributed by atoms with E-state index in [1.165, 1.54) is 32.1 Å². The lowest BCUT2D eigenvalue weighted by atomic mass is 9.54. The van der Waals surface area contributed by atoms with E-state index in [-0.39, 0.29) is 12.4 Å². The topological polar surface area (TPSA) is 12.0 Å². The smallest absolute Gasteiger partial charge is 0.0582 e. The minimum absolute atomic E-state index is 0. The minimum atomic E-state index is 0. The second-order valence-electron chi connectivity index (χ2n) is 7.01. The Morgan fingerprint density at radius 2 is 1.52 bits per heavy atom. The van der Waals surface area contributed by atoms with Gasteiger partial charge in [-0.15, -0.1) is 0 Å². The number of hydrogen-bond donors (Lipinski definition) is 1. The van der Waals surface area contributed by atoms with Crippen LogP contribution < -0.4 is 17.7 Å². The van der Waals surface area contributed by atoms with Gasteiger partial charge in [-0.25, -0.2) is 0 Å². The zero-order valence-corrected chi connectivity index (χ0v) is 13.2. The highest BCUT2D eigenvalue weighted by Gasteiger charge is 2.47. The fraction of sp³-hybridized carbons (Fsp3) is 0.579. The Morgan fingerprint density at radius 1 is 0.905 bits per heavy atom. The molecule has 21 heavy (non-hydrogen) atoms. The third-order valence-electron chi connectivity index (χ3n) is 5.66. The Labute approximate surface area is 134 Å². The van der Waals surface area contributed by atoms with Crippen molar-refractivity contribution in [1.29, 1.82) is 0 Å². The quantitative estimate of drug-likeness (QED) is 0.783. The molecule has 2 heteroatoms. The summed E-state index contributed by atoms with van der Waals surface area (Å²) in [5.41, 5.74) is 1.12. The van der Waals surface area contributed by atoms with Crippen molar-refractivity contribution < 1.29 is 12.4 Å². The summed E-state index contributed by atoms with van der Waals surface area (Å²) in [5, 5.41) is 3.76. The Hall–Kier alpha value is -0.970. The molecule has 0 unspecified atom stereocenters. The molecule has 1 nitrogen and oxygen atoms in total. The molecule has 0 saturated heterocycles. The Bertz CT molecular complexity index is 499. The first-order valence-electron chi connectivity index (χ1n) is 8.16. The lowest BCUT2D eigenvalue weighted by Gasteiger charge is -2.54. The molecule has 0 spiro atoms. The van der Waals surface area contributed by atoms with Crippen LogP contribution in [-0.2, 0) is 0 Å². The predicted octanol–water partition coefficient (Wildman–Crippen LogP) is 0.456. The van der Waals surface area contributed by atoms with E-state index in [0.717, 1.165) is 41.8 Å². The zero-order chi connectivity index (χ0) is 13.4. The summed E-state index contributed by atoms with van der Waals surface area (Å²) in [6.07, 6.45) is 7.47. The number of rotatable bonds is 2. The van der Waals surface area contributed by atoms with Gasteiger partial charge in [-0.05, 0) is 67.9 Å². The van der Waals surface area contributed by atoms with Crippen molar-refractivity contribution in [1.82, 2.24) is 5.32 Å². The summed E-state index contributed by atoms with van der Waals surface area (Å²) in [7, 11) is 0.